The van der Waals surface area contributed by atoms with E-state index in [-0.39, 0.29) is 37.6 Å². The number of carbonyl (C=O) groups is 3. The topological polar surface area (TPSA) is 116 Å². The van der Waals surface area contributed by atoms with Gasteiger partial charge in [0, 0.05) is 51.4 Å². The Bertz CT molecular complexity index is 1190. The number of nitrogens with zero attached hydrogens (tertiary/aromatic N) is 3. The molecule has 0 aliphatic carbocycles. The van der Waals surface area contributed by atoms with Crippen molar-refractivity contribution in [3.63, 3.8) is 0 Å². The molecule has 1 fully saturated rings. The average molecular weight is 515 g/mol. The van der Waals surface area contributed by atoms with Crippen LogP contribution in [0.25, 0.3) is 0 Å². The molecular formula is C25H30N4O6S. The number of anilines is 1. The van der Waals surface area contributed by atoms with Crippen molar-refractivity contribution >= 4 is 33.4 Å². The number of piperazine rings is 1. The quantitative estimate of drug-likeness (QED) is 0.376. The van der Waals surface area contributed by atoms with Crippen LogP contribution >= 0.6 is 0 Å². The maximum absolute atomic E-state index is 12.7. The van der Waals surface area contributed by atoms with E-state index in [1.165, 1.54) is 4.31 Å². The molecule has 192 valence electrons. The maximum Gasteiger partial charge on any atom is 0.261 e. The highest BCUT2D eigenvalue weighted by molar-refractivity contribution is 7.89. The van der Waals surface area contributed by atoms with Gasteiger partial charge in [0.1, 0.15) is 5.75 Å². The van der Waals surface area contributed by atoms with Gasteiger partial charge in [-0.3, -0.25) is 19.3 Å². The van der Waals surface area contributed by atoms with Crippen molar-refractivity contribution < 1.29 is 27.5 Å². The number of carbonyl (C=O) groups excluding carboxylic acids is 3. The number of benzene rings is 2. The van der Waals surface area contributed by atoms with Crippen molar-refractivity contribution in [2.45, 2.75) is 12.8 Å². The molecule has 0 atom stereocenters. The first-order valence-electron chi connectivity index (χ1n) is 11.9. The summed E-state index contributed by atoms with van der Waals surface area (Å²) >= 11 is 0. The van der Waals surface area contributed by atoms with Gasteiger partial charge in [-0.25, -0.2) is 8.42 Å². The van der Waals surface area contributed by atoms with Crippen molar-refractivity contribution in [1.29, 1.82) is 0 Å². The third kappa shape index (κ3) is 5.68. The number of hydrogen-bond acceptors (Lipinski definition) is 7. The first-order valence-corrected chi connectivity index (χ1v) is 13.5. The minimum Gasteiger partial charge on any atom is -0.497 e. The van der Waals surface area contributed by atoms with Crippen LogP contribution in [0.5, 0.6) is 5.75 Å². The van der Waals surface area contributed by atoms with Crippen molar-refractivity contribution in [1.82, 2.24) is 14.5 Å². The fraction of sp³-hybridized carbons (Fsp3) is 0.400. The molecular weight excluding hydrogens is 484 g/mol. The number of rotatable bonds is 10. The molecule has 2 aromatic carbocycles. The van der Waals surface area contributed by atoms with E-state index >= 15 is 0 Å². The fourth-order valence-corrected chi connectivity index (χ4v) is 5.86. The largest absolute Gasteiger partial charge is 0.497 e. The predicted octanol–water partition coefficient (Wildman–Crippen LogP) is 1.34. The first-order chi connectivity index (χ1) is 17.3. The van der Waals surface area contributed by atoms with Crippen molar-refractivity contribution in [2.75, 3.05) is 57.0 Å². The lowest BCUT2D eigenvalue weighted by molar-refractivity contribution is -0.121. The molecule has 36 heavy (non-hydrogen) atoms. The van der Waals surface area contributed by atoms with Gasteiger partial charge in [-0.2, -0.15) is 4.31 Å². The van der Waals surface area contributed by atoms with E-state index in [1.807, 2.05) is 24.3 Å². The molecule has 4 rings (SSSR count). The molecule has 2 aromatic rings. The summed E-state index contributed by atoms with van der Waals surface area (Å²) in [6.07, 6.45) is 0.241. The second-order valence-electron chi connectivity index (χ2n) is 8.66. The number of methoxy groups -OCH3 is 1. The lowest BCUT2D eigenvalue weighted by Crippen LogP contribution is -2.49. The van der Waals surface area contributed by atoms with Gasteiger partial charge in [-0.1, -0.05) is 12.1 Å². The lowest BCUT2D eigenvalue weighted by atomic mass is 10.1. The van der Waals surface area contributed by atoms with Gasteiger partial charge in [0.05, 0.1) is 24.0 Å². The summed E-state index contributed by atoms with van der Waals surface area (Å²) in [6.45, 7) is 2.18. The van der Waals surface area contributed by atoms with Crippen LogP contribution < -0.4 is 15.0 Å². The molecule has 1 saturated heterocycles. The van der Waals surface area contributed by atoms with E-state index in [1.54, 1.807) is 31.4 Å². The summed E-state index contributed by atoms with van der Waals surface area (Å²) in [4.78, 5) is 40.1. The molecule has 0 bridgehead atoms. The smallest absolute Gasteiger partial charge is 0.261 e. The monoisotopic (exact) mass is 514 g/mol. The Labute approximate surface area is 210 Å². The standard InChI is InChI=1S/C25H30N4O6S/c1-35-20-9-7-19(8-10-20)27-14-16-28(17-15-27)36(33,34)18-4-12-26-23(30)11-13-29-24(31)21-5-2-3-6-22(21)25(29)32/h2-3,5-10H,4,11-18H2,1H3,(H,26,30). The number of sulfonamides is 1. The molecule has 0 unspecified atom stereocenters. The number of hydrogen-bond donors (Lipinski definition) is 1. The van der Waals surface area contributed by atoms with E-state index in [2.05, 4.69) is 10.2 Å². The summed E-state index contributed by atoms with van der Waals surface area (Å²) in [6, 6.07) is 14.2. The van der Waals surface area contributed by atoms with E-state index in [0.29, 0.717) is 37.3 Å². The molecule has 0 spiro atoms. The van der Waals surface area contributed by atoms with Crippen molar-refractivity contribution in [3.05, 3.63) is 59.7 Å². The molecule has 2 aliphatic heterocycles. The average Bonchev–Trinajstić information content (AvgIpc) is 3.15. The Morgan fingerprint density at radius 2 is 1.56 bits per heavy atom. The summed E-state index contributed by atoms with van der Waals surface area (Å²) in [7, 11) is -1.82. The molecule has 0 aromatic heterocycles. The molecule has 10 nitrogen and oxygen atoms in total. The highest BCUT2D eigenvalue weighted by Crippen LogP contribution is 2.23. The van der Waals surface area contributed by atoms with Gasteiger partial charge in [-0.05, 0) is 42.8 Å². The van der Waals surface area contributed by atoms with E-state index < -0.39 is 21.8 Å². The Morgan fingerprint density at radius 3 is 2.14 bits per heavy atom. The number of fused-ring (bicyclic) bond motifs is 1. The lowest BCUT2D eigenvalue weighted by Gasteiger charge is -2.35. The normalized spacial score (nSPS) is 16.2. The first kappa shape index (κ1) is 25.6. The van der Waals surface area contributed by atoms with E-state index in [0.717, 1.165) is 16.3 Å². The molecule has 0 radical (unpaired) electrons. The van der Waals surface area contributed by atoms with Crippen LogP contribution in [0.1, 0.15) is 33.6 Å². The molecule has 1 N–H and O–H groups in total. The minimum atomic E-state index is -3.43. The van der Waals surface area contributed by atoms with Crippen LogP contribution in [0.2, 0.25) is 0 Å². The summed E-state index contributed by atoms with van der Waals surface area (Å²) in [5.41, 5.74) is 1.72. The van der Waals surface area contributed by atoms with E-state index in [4.69, 9.17) is 4.74 Å². The van der Waals surface area contributed by atoms with Gasteiger partial charge in [0.25, 0.3) is 11.8 Å². The maximum atomic E-state index is 12.7. The summed E-state index contributed by atoms with van der Waals surface area (Å²) < 4.78 is 32.1. The molecule has 2 heterocycles. The van der Waals surface area contributed by atoms with Crippen LogP contribution in [0.15, 0.2) is 48.5 Å². The van der Waals surface area contributed by atoms with Crippen molar-refractivity contribution in [3.8, 4) is 5.75 Å². The third-order valence-corrected chi connectivity index (χ3v) is 8.37. The fourth-order valence-electron chi connectivity index (χ4n) is 4.37. The highest BCUT2D eigenvalue weighted by atomic mass is 32.2. The van der Waals surface area contributed by atoms with Gasteiger partial charge in [-0.15, -0.1) is 0 Å². The minimum absolute atomic E-state index is 0.0189. The van der Waals surface area contributed by atoms with Gasteiger partial charge in [0.15, 0.2) is 0 Å². The van der Waals surface area contributed by atoms with Crippen LogP contribution in [0, 0.1) is 0 Å². The third-order valence-electron chi connectivity index (χ3n) is 6.41. The Hall–Kier alpha value is -3.44. The SMILES string of the molecule is COc1ccc(N2CCN(S(=O)(=O)CCCNC(=O)CCN3C(=O)c4ccccc4C3=O)CC2)cc1. The highest BCUT2D eigenvalue weighted by Gasteiger charge is 2.35. The van der Waals surface area contributed by atoms with Crippen LogP contribution in [0.3, 0.4) is 0 Å². The second-order valence-corrected chi connectivity index (χ2v) is 10.7. The Kier molecular flexibility index (Phi) is 7.90. The number of amides is 3. The number of nitrogens with one attached hydrogen (secondary N) is 1. The van der Waals surface area contributed by atoms with Gasteiger partial charge >= 0.3 is 0 Å². The summed E-state index contributed by atoms with van der Waals surface area (Å²) in [5.74, 6) is -0.426. The molecule has 3 amide bonds. The van der Waals surface area contributed by atoms with Crippen LogP contribution in [0.4, 0.5) is 5.69 Å². The Balaban J connectivity index is 1.15. The summed E-state index contributed by atoms with van der Waals surface area (Å²) in [5, 5.41) is 2.68. The Morgan fingerprint density at radius 1 is 0.944 bits per heavy atom. The zero-order valence-electron chi connectivity index (χ0n) is 20.2. The predicted molar refractivity (Wildman–Crippen MR) is 135 cm³/mol. The van der Waals surface area contributed by atoms with Crippen LogP contribution in [-0.4, -0.2) is 87.5 Å². The zero-order chi connectivity index (χ0) is 25.7. The number of ether oxygens (including phenoxy) is 1. The van der Waals surface area contributed by atoms with E-state index in [9.17, 15) is 22.8 Å². The molecule has 0 saturated carbocycles. The van der Waals surface area contributed by atoms with Crippen LogP contribution in [-0.2, 0) is 14.8 Å². The zero-order valence-corrected chi connectivity index (χ0v) is 21.0. The van der Waals surface area contributed by atoms with Gasteiger partial charge < -0.3 is 15.0 Å². The van der Waals surface area contributed by atoms with Gasteiger partial charge in [0.2, 0.25) is 15.9 Å². The molecule has 2 aliphatic rings. The second kappa shape index (κ2) is 11.1. The molecule has 11 heteroatoms. The number of imide groups is 1. The van der Waals surface area contributed by atoms with Crippen molar-refractivity contribution in [2.24, 2.45) is 0 Å².